The van der Waals surface area contributed by atoms with Crippen molar-refractivity contribution in [3.8, 4) is 11.4 Å². The smallest absolute Gasteiger partial charge is 0.230 e. The number of H-pyrrole nitrogens is 1. The highest BCUT2D eigenvalue weighted by Gasteiger charge is 2.13. The number of carbonyl (C=O) groups is 1. The average molecular weight is 362 g/mol. The van der Waals surface area contributed by atoms with Gasteiger partial charge in [-0.3, -0.25) is 9.89 Å². The van der Waals surface area contributed by atoms with Gasteiger partial charge in [0.25, 0.3) is 0 Å². The Balaban J connectivity index is 1.56. The first-order valence-corrected chi connectivity index (χ1v) is 9.13. The lowest BCUT2D eigenvalue weighted by Gasteiger charge is -2.11. The number of aromatic nitrogens is 3. The van der Waals surface area contributed by atoms with Crippen molar-refractivity contribution >= 4 is 29.0 Å². The lowest BCUT2D eigenvalue weighted by molar-refractivity contribution is -0.119. The number of nitrogens with one attached hydrogen (secondary N) is 2. The molecule has 0 unspecified atom stereocenters. The predicted molar refractivity (Wildman–Crippen MR) is 93.4 cm³/mol. The summed E-state index contributed by atoms with van der Waals surface area (Å²) in [6.45, 7) is 1.94. The highest BCUT2D eigenvalue weighted by molar-refractivity contribution is 7.99. The van der Waals surface area contributed by atoms with E-state index in [1.165, 1.54) is 17.8 Å². The highest BCUT2D eigenvalue weighted by Crippen LogP contribution is 2.22. The molecule has 24 heavy (non-hydrogen) atoms. The third-order valence-electron chi connectivity index (χ3n) is 3.27. The predicted octanol–water partition coefficient (Wildman–Crippen LogP) is 3.64. The maximum atomic E-state index is 13.7. The zero-order valence-electron chi connectivity index (χ0n) is 12.8. The molecule has 3 rings (SSSR count). The second-order valence-corrected chi connectivity index (χ2v) is 6.96. The molecule has 5 nitrogen and oxygen atoms in total. The van der Waals surface area contributed by atoms with Gasteiger partial charge in [-0.25, -0.2) is 9.37 Å². The van der Waals surface area contributed by atoms with E-state index in [0.29, 0.717) is 16.5 Å². The summed E-state index contributed by atoms with van der Waals surface area (Å²) in [5.74, 6) is 0.0819. The van der Waals surface area contributed by atoms with E-state index in [9.17, 15) is 9.18 Å². The SMILES string of the molecule is C[C@@H](NC(=O)CSc1n[nH]c(-c2ccccc2F)n1)c1cccs1. The summed E-state index contributed by atoms with van der Waals surface area (Å²) in [5, 5.41) is 12.0. The molecule has 8 heteroatoms. The van der Waals surface area contributed by atoms with Crippen LogP contribution in [0.3, 0.4) is 0 Å². The Morgan fingerprint density at radius 2 is 2.21 bits per heavy atom. The van der Waals surface area contributed by atoms with Gasteiger partial charge in [0.1, 0.15) is 5.82 Å². The van der Waals surface area contributed by atoms with E-state index >= 15 is 0 Å². The lowest BCUT2D eigenvalue weighted by atomic mass is 10.2. The zero-order valence-corrected chi connectivity index (χ0v) is 14.5. The Morgan fingerprint density at radius 1 is 1.38 bits per heavy atom. The van der Waals surface area contributed by atoms with Crippen LogP contribution in [-0.2, 0) is 4.79 Å². The minimum Gasteiger partial charge on any atom is -0.348 e. The summed E-state index contributed by atoms with van der Waals surface area (Å²) >= 11 is 2.81. The summed E-state index contributed by atoms with van der Waals surface area (Å²) in [6.07, 6.45) is 0. The van der Waals surface area contributed by atoms with Crippen LogP contribution in [0.25, 0.3) is 11.4 Å². The molecular formula is C16H15FN4OS2. The van der Waals surface area contributed by atoms with Gasteiger partial charge >= 0.3 is 0 Å². The van der Waals surface area contributed by atoms with E-state index < -0.39 is 0 Å². The van der Waals surface area contributed by atoms with Gasteiger partial charge < -0.3 is 5.32 Å². The first-order chi connectivity index (χ1) is 11.6. The molecule has 0 fully saturated rings. The summed E-state index contributed by atoms with van der Waals surface area (Å²) in [7, 11) is 0. The van der Waals surface area contributed by atoms with Crippen LogP contribution >= 0.6 is 23.1 Å². The minimum atomic E-state index is -0.368. The zero-order chi connectivity index (χ0) is 16.9. The Morgan fingerprint density at radius 3 is 2.96 bits per heavy atom. The van der Waals surface area contributed by atoms with Crippen LogP contribution < -0.4 is 5.32 Å². The van der Waals surface area contributed by atoms with Crippen LogP contribution in [0.5, 0.6) is 0 Å². The van der Waals surface area contributed by atoms with Crippen molar-refractivity contribution in [1.29, 1.82) is 0 Å². The van der Waals surface area contributed by atoms with Crippen LogP contribution in [0, 0.1) is 5.82 Å². The number of hydrogen-bond donors (Lipinski definition) is 2. The number of nitrogens with zero attached hydrogens (tertiary/aromatic N) is 2. The monoisotopic (exact) mass is 362 g/mol. The van der Waals surface area contributed by atoms with Crippen molar-refractivity contribution in [2.45, 2.75) is 18.1 Å². The Hall–Kier alpha value is -2.19. The number of carbonyl (C=O) groups excluding carboxylic acids is 1. The number of amides is 1. The van der Waals surface area contributed by atoms with Crippen LogP contribution in [0.4, 0.5) is 4.39 Å². The summed E-state index contributed by atoms with van der Waals surface area (Å²) < 4.78 is 13.7. The Bertz CT molecular complexity index is 819. The third kappa shape index (κ3) is 4.01. The fraction of sp³-hybridized carbons (Fsp3) is 0.188. The maximum absolute atomic E-state index is 13.7. The minimum absolute atomic E-state index is 0.0285. The molecule has 2 heterocycles. The van der Waals surface area contributed by atoms with E-state index in [0.717, 1.165) is 4.88 Å². The molecule has 2 aromatic heterocycles. The molecule has 124 valence electrons. The molecule has 1 aromatic carbocycles. The molecule has 0 radical (unpaired) electrons. The van der Waals surface area contributed by atoms with E-state index in [-0.39, 0.29) is 23.5 Å². The third-order valence-corrected chi connectivity index (χ3v) is 5.18. The van der Waals surface area contributed by atoms with Crippen LogP contribution in [0.1, 0.15) is 17.8 Å². The fourth-order valence-electron chi connectivity index (χ4n) is 2.11. The standard InChI is InChI=1S/C16H15FN4OS2/c1-10(13-7-4-8-23-13)18-14(22)9-24-16-19-15(20-21-16)11-5-2-3-6-12(11)17/h2-8,10H,9H2,1H3,(H,18,22)(H,19,20,21)/t10-/m1/s1. The molecule has 0 aliphatic rings. The first kappa shape index (κ1) is 16.7. The lowest BCUT2D eigenvalue weighted by Crippen LogP contribution is -2.27. The second kappa shape index (κ2) is 7.59. The molecule has 3 aromatic rings. The van der Waals surface area contributed by atoms with Gasteiger partial charge in [-0.1, -0.05) is 30.0 Å². The van der Waals surface area contributed by atoms with E-state index in [2.05, 4.69) is 20.5 Å². The van der Waals surface area contributed by atoms with Crippen molar-refractivity contribution < 1.29 is 9.18 Å². The largest absolute Gasteiger partial charge is 0.348 e. The normalized spacial score (nSPS) is 12.1. The van der Waals surface area contributed by atoms with Gasteiger partial charge in [0.15, 0.2) is 5.82 Å². The number of halogens is 1. The molecule has 0 saturated carbocycles. The van der Waals surface area contributed by atoms with E-state index in [4.69, 9.17) is 0 Å². The molecule has 2 N–H and O–H groups in total. The topological polar surface area (TPSA) is 70.7 Å². The average Bonchev–Trinajstić information content (AvgIpc) is 3.25. The number of rotatable bonds is 6. The quantitative estimate of drug-likeness (QED) is 0.657. The van der Waals surface area contributed by atoms with Crippen molar-refractivity contribution in [1.82, 2.24) is 20.5 Å². The van der Waals surface area contributed by atoms with Crippen molar-refractivity contribution in [2.75, 3.05) is 5.75 Å². The van der Waals surface area contributed by atoms with Gasteiger partial charge in [0, 0.05) is 4.88 Å². The van der Waals surface area contributed by atoms with Gasteiger partial charge in [-0.05, 0) is 30.5 Å². The molecule has 0 saturated heterocycles. The number of benzene rings is 1. The van der Waals surface area contributed by atoms with E-state index in [1.54, 1.807) is 29.5 Å². The van der Waals surface area contributed by atoms with Gasteiger partial charge in [-0.2, -0.15) is 0 Å². The number of hydrogen-bond acceptors (Lipinski definition) is 5. The molecule has 0 spiro atoms. The van der Waals surface area contributed by atoms with Crippen molar-refractivity contribution in [3.05, 3.63) is 52.5 Å². The molecule has 0 bridgehead atoms. The molecule has 0 aliphatic heterocycles. The molecular weight excluding hydrogens is 347 g/mol. The summed E-state index contributed by atoms with van der Waals surface area (Å²) in [4.78, 5) is 17.3. The fourth-order valence-corrected chi connectivity index (χ4v) is 3.45. The van der Waals surface area contributed by atoms with E-state index in [1.807, 2.05) is 24.4 Å². The number of thioether (sulfide) groups is 1. The summed E-state index contributed by atoms with van der Waals surface area (Å²) in [6, 6.07) is 10.2. The van der Waals surface area contributed by atoms with Crippen LogP contribution in [-0.4, -0.2) is 26.8 Å². The first-order valence-electron chi connectivity index (χ1n) is 7.26. The Labute approximate surface area is 146 Å². The van der Waals surface area contributed by atoms with Gasteiger partial charge in [0.05, 0.1) is 17.4 Å². The molecule has 1 atom stereocenters. The number of aromatic amines is 1. The maximum Gasteiger partial charge on any atom is 0.230 e. The van der Waals surface area contributed by atoms with Crippen molar-refractivity contribution in [3.63, 3.8) is 0 Å². The molecule has 1 amide bonds. The van der Waals surface area contributed by atoms with Crippen LogP contribution in [0.15, 0.2) is 46.9 Å². The summed E-state index contributed by atoms with van der Waals surface area (Å²) in [5.41, 5.74) is 0.354. The number of thiophene rings is 1. The van der Waals surface area contributed by atoms with Gasteiger partial charge in [0.2, 0.25) is 11.1 Å². The molecule has 0 aliphatic carbocycles. The van der Waals surface area contributed by atoms with Gasteiger partial charge in [-0.15, -0.1) is 16.4 Å². The van der Waals surface area contributed by atoms with Crippen LogP contribution in [0.2, 0.25) is 0 Å². The van der Waals surface area contributed by atoms with Crippen molar-refractivity contribution in [2.24, 2.45) is 0 Å². The Kier molecular flexibility index (Phi) is 5.27. The highest BCUT2D eigenvalue weighted by atomic mass is 32.2. The second-order valence-electron chi connectivity index (χ2n) is 5.04.